The van der Waals surface area contributed by atoms with E-state index in [0.717, 1.165) is 5.56 Å². The maximum Gasteiger partial charge on any atom is 0.412 e. The van der Waals surface area contributed by atoms with Crippen molar-refractivity contribution in [2.75, 3.05) is 20.1 Å². The van der Waals surface area contributed by atoms with E-state index in [2.05, 4.69) is 0 Å². The Balaban J connectivity index is 1.81. The van der Waals surface area contributed by atoms with Crippen LogP contribution >= 0.6 is 0 Å². The number of halogens is 1. The first-order valence-electron chi connectivity index (χ1n) is 9.40. The molecule has 2 rings (SSSR count). The van der Waals surface area contributed by atoms with Crippen molar-refractivity contribution in [2.45, 2.75) is 58.0 Å². The number of carbonyl (C=O) groups excluding carboxylic acids is 2. The minimum Gasteiger partial charge on any atom is -0.445 e. The number of hydrogen-bond acceptors (Lipinski definition) is 4. The third-order valence-electron chi connectivity index (χ3n) is 5.13. The Bertz CT molecular complexity index is 618. The maximum absolute atomic E-state index is 13.6. The van der Waals surface area contributed by atoms with E-state index in [-0.39, 0.29) is 19.1 Å². The van der Waals surface area contributed by atoms with Crippen molar-refractivity contribution in [1.82, 2.24) is 9.80 Å². The highest BCUT2D eigenvalue weighted by Crippen LogP contribution is 2.29. The molecule has 0 bridgehead atoms. The minimum absolute atomic E-state index is 0.192. The summed E-state index contributed by atoms with van der Waals surface area (Å²) < 4.78 is 23.8. The summed E-state index contributed by atoms with van der Waals surface area (Å²) in [5.74, 6) is 0. The first-order chi connectivity index (χ1) is 12.9. The van der Waals surface area contributed by atoms with E-state index in [4.69, 9.17) is 9.47 Å². The predicted octanol–water partition coefficient (Wildman–Crippen LogP) is 4.34. The fourth-order valence-electron chi connectivity index (χ4n) is 3.01. The SMILES string of the molecule is CCCC(F)OC(=O)N(C)C1(C)CCN(C(=O)OCc2ccccc2)CC1. The van der Waals surface area contributed by atoms with Gasteiger partial charge in [-0.2, -0.15) is 0 Å². The predicted molar refractivity (Wildman–Crippen MR) is 99.9 cm³/mol. The van der Waals surface area contributed by atoms with Crippen molar-refractivity contribution >= 4 is 12.2 Å². The molecule has 0 aliphatic carbocycles. The zero-order chi connectivity index (χ0) is 19.9. The van der Waals surface area contributed by atoms with E-state index in [0.29, 0.717) is 32.4 Å². The fourth-order valence-corrected chi connectivity index (χ4v) is 3.01. The molecule has 1 aliphatic heterocycles. The van der Waals surface area contributed by atoms with Gasteiger partial charge in [0.1, 0.15) is 6.61 Å². The molecule has 0 saturated carbocycles. The summed E-state index contributed by atoms with van der Waals surface area (Å²) in [6.45, 7) is 4.92. The lowest BCUT2D eigenvalue weighted by molar-refractivity contribution is -0.0302. The van der Waals surface area contributed by atoms with Gasteiger partial charge in [-0.15, -0.1) is 0 Å². The molecule has 7 heteroatoms. The summed E-state index contributed by atoms with van der Waals surface area (Å²) in [7, 11) is 1.62. The highest BCUT2D eigenvalue weighted by atomic mass is 19.1. The number of amides is 2. The molecule has 1 saturated heterocycles. The average Bonchev–Trinajstić information content (AvgIpc) is 2.67. The summed E-state index contributed by atoms with van der Waals surface area (Å²) in [6, 6.07) is 9.50. The van der Waals surface area contributed by atoms with Crippen LogP contribution in [0.1, 0.15) is 45.1 Å². The molecule has 0 aromatic heterocycles. The van der Waals surface area contributed by atoms with Gasteiger partial charge in [-0.3, -0.25) is 0 Å². The van der Waals surface area contributed by atoms with Crippen LogP contribution in [-0.2, 0) is 16.1 Å². The molecule has 27 heavy (non-hydrogen) atoms. The van der Waals surface area contributed by atoms with E-state index < -0.39 is 18.0 Å². The second kappa shape index (κ2) is 9.58. The Morgan fingerprint density at radius 1 is 1.26 bits per heavy atom. The fraction of sp³-hybridized carbons (Fsp3) is 0.600. The highest BCUT2D eigenvalue weighted by Gasteiger charge is 2.39. The van der Waals surface area contributed by atoms with Gasteiger partial charge in [0.2, 0.25) is 6.36 Å². The van der Waals surface area contributed by atoms with Crippen molar-refractivity contribution in [2.24, 2.45) is 0 Å². The molecule has 1 aliphatic rings. The molecule has 1 fully saturated rings. The smallest absolute Gasteiger partial charge is 0.412 e. The second-order valence-corrected chi connectivity index (χ2v) is 7.17. The molecule has 1 unspecified atom stereocenters. The number of likely N-dealkylation sites (tertiary alicyclic amines) is 1. The number of nitrogens with zero attached hydrogens (tertiary/aromatic N) is 2. The Morgan fingerprint density at radius 3 is 2.48 bits per heavy atom. The lowest BCUT2D eigenvalue weighted by Crippen LogP contribution is -2.55. The van der Waals surface area contributed by atoms with Crippen LogP contribution in [0.2, 0.25) is 0 Å². The third kappa shape index (κ3) is 5.84. The summed E-state index contributed by atoms with van der Waals surface area (Å²) >= 11 is 0. The van der Waals surface area contributed by atoms with Gasteiger partial charge in [0.05, 0.1) is 0 Å². The quantitative estimate of drug-likeness (QED) is 0.736. The standard InChI is InChI=1S/C20H29FN2O4/c1-4-8-17(21)27-18(24)22(3)20(2)11-13-23(14-12-20)19(25)26-15-16-9-6-5-7-10-16/h5-7,9-10,17H,4,8,11-15H2,1-3H3. The molecule has 0 N–H and O–H groups in total. The number of hydrogen-bond donors (Lipinski definition) is 0. The van der Waals surface area contributed by atoms with Crippen molar-refractivity contribution in [3.8, 4) is 0 Å². The number of carbonyl (C=O) groups is 2. The molecule has 1 heterocycles. The largest absolute Gasteiger partial charge is 0.445 e. The average molecular weight is 380 g/mol. The van der Waals surface area contributed by atoms with Crippen LogP contribution in [0, 0.1) is 0 Å². The van der Waals surface area contributed by atoms with E-state index in [1.54, 1.807) is 11.9 Å². The summed E-state index contributed by atoms with van der Waals surface area (Å²) in [6.07, 6.45) is -0.668. The van der Waals surface area contributed by atoms with E-state index in [1.165, 1.54) is 4.90 Å². The van der Waals surface area contributed by atoms with Crippen molar-refractivity contribution in [3.63, 3.8) is 0 Å². The monoisotopic (exact) mass is 380 g/mol. The van der Waals surface area contributed by atoms with Gasteiger partial charge >= 0.3 is 12.2 Å². The number of benzene rings is 1. The number of rotatable bonds is 6. The number of alkyl halides is 1. The molecule has 150 valence electrons. The zero-order valence-corrected chi connectivity index (χ0v) is 16.3. The van der Waals surface area contributed by atoms with Gasteiger partial charge < -0.3 is 19.3 Å². The summed E-state index contributed by atoms with van der Waals surface area (Å²) in [5, 5.41) is 0. The summed E-state index contributed by atoms with van der Waals surface area (Å²) in [4.78, 5) is 27.5. The molecular formula is C20H29FN2O4. The van der Waals surface area contributed by atoms with Crippen molar-refractivity contribution in [3.05, 3.63) is 35.9 Å². The van der Waals surface area contributed by atoms with Crippen LogP contribution in [0.15, 0.2) is 30.3 Å². The Labute approximate surface area is 160 Å². The molecule has 1 aromatic rings. The zero-order valence-electron chi connectivity index (χ0n) is 16.3. The van der Waals surface area contributed by atoms with Crippen LogP contribution in [0.3, 0.4) is 0 Å². The van der Waals surface area contributed by atoms with Crippen LogP contribution < -0.4 is 0 Å². The molecule has 2 amide bonds. The first kappa shape index (κ1) is 21.0. The Kier molecular flexibility index (Phi) is 7.45. The highest BCUT2D eigenvalue weighted by molar-refractivity contribution is 5.69. The lowest BCUT2D eigenvalue weighted by atomic mass is 9.88. The second-order valence-electron chi connectivity index (χ2n) is 7.17. The topological polar surface area (TPSA) is 59.1 Å². The molecule has 1 atom stereocenters. The molecule has 6 nitrogen and oxygen atoms in total. The minimum atomic E-state index is -1.58. The van der Waals surface area contributed by atoms with Gasteiger partial charge in [-0.05, 0) is 31.7 Å². The van der Waals surface area contributed by atoms with E-state index in [1.807, 2.05) is 44.2 Å². The van der Waals surface area contributed by atoms with Gasteiger partial charge in [0.15, 0.2) is 0 Å². The number of ether oxygens (including phenoxy) is 2. The maximum atomic E-state index is 13.6. The summed E-state index contributed by atoms with van der Waals surface area (Å²) in [5.41, 5.74) is 0.446. The lowest BCUT2D eigenvalue weighted by Gasteiger charge is -2.44. The van der Waals surface area contributed by atoms with Crippen molar-refractivity contribution in [1.29, 1.82) is 0 Å². The molecular weight excluding hydrogens is 351 g/mol. The van der Waals surface area contributed by atoms with E-state index in [9.17, 15) is 14.0 Å². The van der Waals surface area contributed by atoms with Gasteiger partial charge in [-0.1, -0.05) is 37.3 Å². The van der Waals surface area contributed by atoms with Gasteiger partial charge in [0, 0.05) is 32.1 Å². The van der Waals surface area contributed by atoms with Crippen LogP contribution in [-0.4, -0.2) is 54.0 Å². The van der Waals surface area contributed by atoms with Gasteiger partial charge in [0.25, 0.3) is 0 Å². The van der Waals surface area contributed by atoms with E-state index >= 15 is 0 Å². The van der Waals surface area contributed by atoms with Crippen molar-refractivity contribution < 1.29 is 23.5 Å². The van der Waals surface area contributed by atoms with Crippen LogP contribution in [0.5, 0.6) is 0 Å². The van der Waals surface area contributed by atoms with Crippen LogP contribution in [0.4, 0.5) is 14.0 Å². The first-order valence-corrected chi connectivity index (χ1v) is 9.40. The Morgan fingerprint density at radius 2 is 1.89 bits per heavy atom. The number of piperidine rings is 1. The molecule has 0 spiro atoms. The normalized spacial score (nSPS) is 17.1. The third-order valence-corrected chi connectivity index (χ3v) is 5.13. The Hall–Kier alpha value is -2.31. The van der Waals surface area contributed by atoms with Crippen LogP contribution in [0.25, 0.3) is 0 Å². The van der Waals surface area contributed by atoms with Gasteiger partial charge in [-0.25, -0.2) is 14.0 Å². The molecule has 0 radical (unpaired) electrons. The molecule has 1 aromatic carbocycles.